The number of halogens is 2. The Hall–Kier alpha value is -2.43. The lowest BCUT2D eigenvalue weighted by Gasteiger charge is -2.09. The fourth-order valence-corrected chi connectivity index (χ4v) is 1.64. The number of amides is 1. The van der Waals surface area contributed by atoms with E-state index in [0.29, 0.717) is 11.3 Å². The Morgan fingerprint density at radius 3 is 2.70 bits per heavy atom. The van der Waals surface area contributed by atoms with E-state index in [1.54, 1.807) is 25.1 Å². The van der Waals surface area contributed by atoms with E-state index in [-0.39, 0.29) is 12.4 Å². The first-order valence-corrected chi connectivity index (χ1v) is 5.99. The molecule has 0 saturated heterocycles. The minimum atomic E-state index is -0.494. The lowest BCUT2D eigenvalue weighted by Crippen LogP contribution is -2.20. The van der Waals surface area contributed by atoms with Crippen LogP contribution in [0.25, 0.3) is 0 Å². The Kier molecular flexibility index (Phi) is 4.30. The maximum atomic E-state index is 13.6. The summed E-state index contributed by atoms with van der Waals surface area (Å²) in [6, 6.07) is 10.2. The van der Waals surface area contributed by atoms with Crippen LogP contribution in [0.5, 0.6) is 5.75 Å². The van der Waals surface area contributed by atoms with Gasteiger partial charge in [-0.1, -0.05) is 18.2 Å². The average molecular weight is 277 g/mol. The average Bonchev–Trinajstić information content (AvgIpc) is 2.40. The number of hydrogen-bond donors (Lipinski definition) is 1. The Morgan fingerprint density at radius 1 is 1.20 bits per heavy atom. The van der Waals surface area contributed by atoms with Crippen molar-refractivity contribution >= 4 is 11.6 Å². The van der Waals surface area contributed by atoms with E-state index in [1.807, 2.05) is 0 Å². The first-order valence-electron chi connectivity index (χ1n) is 5.99. The number of carbonyl (C=O) groups is 1. The lowest BCUT2D eigenvalue weighted by atomic mass is 10.2. The molecule has 2 rings (SSSR count). The molecule has 0 atom stereocenters. The quantitative estimate of drug-likeness (QED) is 0.931. The fourth-order valence-electron chi connectivity index (χ4n) is 1.64. The van der Waals surface area contributed by atoms with E-state index in [0.717, 1.165) is 0 Å². The van der Waals surface area contributed by atoms with Gasteiger partial charge < -0.3 is 10.1 Å². The van der Waals surface area contributed by atoms with Gasteiger partial charge in [-0.25, -0.2) is 8.78 Å². The highest BCUT2D eigenvalue weighted by molar-refractivity contribution is 5.91. The summed E-state index contributed by atoms with van der Waals surface area (Å²) in [5.41, 5.74) is 0.761. The van der Waals surface area contributed by atoms with Crippen LogP contribution in [-0.2, 0) is 4.79 Å². The molecule has 20 heavy (non-hydrogen) atoms. The predicted octanol–water partition coefficient (Wildman–Crippen LogP) is 3.29. The van der Waals surface area contributed by atoms with Crippen molar-refractivity contribution in [2.45, 2.75) is 6.92 Å². The summed E-state index contributed by atoms with van der Waals surface area (Å²) in [5.74, 6) is -1.42. The SMILES string of the molecule is Cc1cccc(OCC(=O)Nc2cccc(F)c2)c1F. The van der Waals surface area contributed by atoms with Gasteiger partial charge in [-0.15, -0.1) is 0 Å². The van der Waals surface area contributed by atoms with Crippen LogP contribution >= 0.6 is 0 Å². The molecule has 2 aromatic rings. The summed E-state index contributed by atoms with van der Waals surface area (Å²) in [4.78, 5) is 11.6. The summed E-state index contributed by atoms with van der Waals surface area (Å²) in [7, 11) is 0. The van der Waals surface area contributed by atoms with Crippen molar-refractivity contribution in [3.05, 3.63) is 59.7 Å². The van der Waals surface area contributed by atoms with Gasteiger partial charge in [0.2, 0.25) is 0 Å². The number of nitrogens with one attached hydrogen (secondary N) is 1. The number of anilines is 1. The summed E-state index contributed by atoms with van der Waals surface area (Å²) in [5, 5.41) is 2.46. The van der Waals surface area contributed by atoms with Gasteiger partial charge in [0.25, 0.3) is 5.91 Å². The molecule has 0 heterocycles. The van der Waals surface area contributed by atoms with E-state index in [9.17, 15) is 13.6 Å². The number of hydrogen-bond acceptors (Lipinski definition) is 2. The van der Waals surface area contributed by atoms with Crippen molar-refractivity contribution in [2.75, 3.05) is 11.9 Å². The highest BCUT2D eigenvalue weighted by Gasteiger charge is 2.09. The molecule has 1 amide bonds. The Labute approximate surface area is 115 Å². The van der Waals surface area contributed by atoms with Gasteiger partial charge in [0.05, 0.1) is 0 Å². The predicted molar refractivity (Wildman–Crippen MR) is 71.7 cm³/mol. The number of aryl methyl sites for hydroxylation is 1. The van der Waals surface area contributed by atoms with Crippen LogP contribution < -0.4 is 10.1 Å². The number of carbonyl (C=O) groups excluding carboxylic acids is 1. The van der Waals surface area contributed by atoms with Gasteiger partial charge in [-0.2, -0.15) is 0 Å². The summed E-state index contributed by atoms with van der Waals surface area (Å²) >= 11 is 0. The summed E-state index contributed by atoms with van der Waals surface area (Å²) in [6.07, 6.45) is 0. The van der Waals surface area contributed by atoms with Crippen LogP contribution in [0.1, 0.15) is 5.56 Å². The van der Waals surface area contributed by atoms with Crippen LogP contribution in [0.4, 0.5) is 14.5 Å². The summed E-state index contributed by atoms with van der Waals surface area (Å²) in [6.45, 7) is 1.26. The topological polar surface area (TPSA) is 38.3 Å². The zero-order valence-corrected chi connectivity index (χ0v) is 10.8. The molecule has 3 nitrogen and oxygen atoms in total. The minimum absolute atomic E-state index is 0.0133. The van der Waals surface area contributed by atoms with Crippen molar-refractivity contribution in [2.24, 2.45) is 0 Å². The van der Waals surface area contributed by atoms with E-state index in [4.69, 9.17) is 4.74 Å². The maximum Gasteiger partial charge on any atom is 0.262 e. The molecular weight excluding hydrogens is 264 g/mol. The third-order valence-electron chi connectivity index (χ3n) is 2.62. The molecule has 0 aliphatic rings. The molecule has 104 valence electrons. The first-order chi connectivity index (χ1) is 9.56. The minimum Gasteiger partial charge on any atom is -0.481 e. The molecule has 0 radical (unpaired) electrons. The number of rotatable bonds is 4. The molecule has 0 aliphatic heterocycles. The van der Waals surface area contributed by atoms with Crippen LogP contribution in [0.15, 0.2) is 42.5 Å². The lowest BCUT2D eigenvalue weighted by molar-refractivity contribution is -0.118. The molecule has 2 aromatic carbocycles. The molecule has 0 aliphatic carbocycles. The van der Waals surface area contributed by atoms with E-state index in [1.165, 1.54) is 24.3 Å². The van der Waals surface area contributed by atoms with Crippen molar-refractivity contribution in [1.29, 1.82) is 0 Å². The highest BCUT2D eigenvalue weighted by atomic mass is 19.1. The molecular formula is C15H13F2NO2. The normalized spacial score (nSPS) is 10.2. The van der Waals surface area contributed by atoms with Crippen molar-refractivity contribution in [3.8, 4) is 5.75 Å². The monoisotopic (exact) mass is 277 g/mol. The third kappa shape index (κ3) is 3.54. The smallest absolute Gasteiger partial charge is 0.262 e. The molecule has 0 saturated carbocycles. The molecule has 0 aromatic heterocycles. The summed E-state index contributed by atoms with van der Waals surface area (Å²) < 4.78 is 31.7. The van der Waals surface area contributed by atoms with Gasteiger partial charge in [0.1, 0.15) is 5.82 Å². The maximum absolute atomic E-state index is 13.6. The van der Waals surface area contributed by atoms with Crippen molar-refractivity contribution < 1.29 is 18.3 Å². The first kappa shape index (κ1) is 14.0. The second-order valence-electron chi connectivity index (χ2n) is 4.23. The molecule has 0 spiro atoms. The number of benzene rings is 2. The van der Waals surface area contributed by atoms with E-state index >= 15 is 0 Å². The van der Waals surface area contributed by atoms with Gasteiger partial charge in [0, 0.05) is 5.69 Å². The second kappa shape index (κ2) is 6.14. The molecule has 0 fully saturated rings. The van der Waals surface area contributed by atoms with Crippen LogP contribution in [0.2, 0.25) is 0 Å². The highest BCUT2D eigenvalue weighted by Crippen LogP contribution is 2.19. The molecule has 1 N–H and O–H groups in total. The Balaban J connectivity index is 1.94. The second-order valence-corrected chi connectivity index (χ2v) is 4.23. The van der Waals surface area contributed by atoms with Crippen LogP contribution in [0.3, 0.4) is 0 Å². The number of ether oxygens (including phenoxy) is 1. The fraction of sp³-hybridized carbons (Fsp3) is 0.133. The third-order valence-corrected chi connectivity index (χ3v) is 2.62. The zero-order chi connectivity index (χ0) is 14.5. The van der Waals surface area contributed by atoms with E-state index in [2.05, 4.69) is 5.32 Å². The molecule has 0 bridgehead atoms. The van der Waals surface area contributed by atoms with Crippen LogP contribution in [-0.4, -0.2) is 12.5 Å². The van der Waals surface area contributed by atoms with E-state index < -0.39 is 17.5 Å². The standard InChI is InChI=1S/C15H13F2NO2/c1-10-4-2-7-13(15(10)17)20-9-14(19)18-12-6-3-5-11(16)8-12/h2-8H,9H2,1H3,(H,18,19). The van der Waals surface area contributed by atoms with Crippen molar-refractivity contribution in [3.63, 3.8) is 0 Å². The molecule has 0 unspecified atom stereocenters. The Bertz CT molecular complexity index is 629. The van der Waals surface area contributed by atoms with Gasteiger partial charge in [-0.3, -0.25) is 4.79 Å². The van der Waals surface area contributed by atoms with Gasteiger partial charge in [-0.05, 0) is 36.8 Å². The van der Waals surface area contributed by atoms with Crippen molar-refractivity contribution in [1.82, 2.24) is 0 Å². The van der Waals surface area contributed by atoms with Crippen LogP contribution in [0, 0.1) is 18.6 Å². The molecule has 5 heteroatoms. The largest absolute Gasteiger partial charge is 0.481 e. The van der Waals surface area contributed by atoms with Gasteiger partial charge >= 0.3 is 0 Å². The zero-order valence-electron chi connectivity index (χ0n) is 10.8. The van der Waals surface area contributed by atoms with Gasteiger partial charge in [0.15, 0.2) is 18.2 Å². The Morgan fingerprint density at radius 2 is 1.95 bits per heavy atom.